The number of phosphoric ester groups is 1. The van der Waals surface area contributed by atoms with Crippen LogP contribution in [0, 0.1) is 0 Å². The standard InChI is InChI=1S/C29H56NO9P/c1-3-4-5-6-7-8-9-10-11-12-13-15-19-22-29(33)39-27(25-38-40(34,35)36)24-37-28(32)21-18-16-14-17-20-23-30-26(2)31/h27H,3-25H2,1-2H3,(H,30,31)(H2,34,35,36)/t27-/m1/s1. The number of hydrogen-bond acceptors (Lipinski definition) is 7. The number of esters is 2. The van der Waals surface area contributed by atoms with Crippen molar-refractivity contribution < 1.29 is 42.7 Å². The monoisotopic (exact) mass is 593 g/mol. The highest BCUT2D eigenvalue weighted by atomic mass is 31.2. The number of nitrogens with one attached hydrogen (secondary N) is 1. The molecular weight excluding hydrogens is 537 g/mol. The van der Waals surface area contributed by atoms with Gasteiger partial charge in [-0.25, -0.2) is 4.57 Å². The van der Waals surface area contributed by atoms with Crippen molar-refractivity contribution in [2.24, 2.45) is 0 Å². The molecule has 3 N–H and O–H groups in total. The van der Waals surface area contributed by atoms with Crippen molar-refractivity contribution >= 4 is 25.7 Å². The number of phosphoric acid groups is 1. The molecule has 236 valence electrons. The van der Waals surface area contributed by atoms with Crippen LogP contribution in [0.2, 0.25) is 0 Å². The fraction of sp³-hybridized carbons (Fsp3) is 0.897. The minimum Gasteiger partial charge on any atom is -0.462 e. The first kappa shape index (κ1) is 38.5. The van der Waals surface area contributed by atoms with E-state index >= 15 is 0 Å². The van der Waals surface area contributed by atoms with E-state index in [1.807, 2.05) is 0 Å². The summed E-state index contributed by atoms with van der Waals surface area (Å²) in [5.41, 5.74) is 0. The predicted octanol–water partition coefficient (Wildman–Crippen LogP) is 6.51. The van der Waals surface area contributed by atoms with Crippen molar-refractivity contribution in [3.05, 3.63) is 0 Å². The molecule has 0 aromatic heterocycles. The second kappa shape index (κ2) is 26.4. The second-order valence-electron chi connectivity index (χ2n) is 10.6. The quantitative estimate of drug-likeness (QED) is 0.0524. The van der Waals surface area contributed by atoms with Crippen LogP contribution >= 0.6 is 7.82 Å². The van der Waals surface area contributed by atoms with E-state index in [0.717, 1.165) is 44.9 Å². The maximum atomic E-state index is 12.2. The van der Waals surface area contributed by atoms with Crippen LogP contribution in [0.3, 0.4) is 0 Å². The highest BCUT2D eigenvalue weighted by Crippen LogP contribution is 2.35. The molecule has 0 heterocycles. The zero-order valence-electron chi connectivity index (χ0n) is 25.0. The molecule has 0 saturated carbocycles. The molecule has 1 atom stereocenters. The minimum atomic E-state index is -4.76. The Kier molecular flexibility index (Phi) is 25.4. The van der Waals surface area contributed by atoms with Crippen molar-refractivity contribution in [1.29, 1.82) is 0 Å². The molecule has 0 aliphatic heterocycles. The van der Waals surface area contributed by atoms with Gasteiger partial charge in [0.05, 0.1) is 6.61 Å². The van der Waals surface area contributed by atoms with Gasteiger partial charge in [0.1, 0.15) is 6.61 Å². The molecule has 0 rings (SSSR count). The SMILES string of the molecule is CCCCCCCCCCCCCCCC(=O)O[C@H](COC(=O)CCCCCCCNC(C)=O)COP(=O)(O)O. The minimum absolute atomic E-state index is 0.0440. The maximum absolute atomic E-state index is 12.2. The Morgan fingerprint density at radius 3 is 1.60 bits per heavy atom. The van der Waals surface area contributed by atoms with E-state index < -0.39 is 32.5 Å². The summed E-state index contributed by atoms with van der Waals surface area (Å²) < 4.78 is 26.0. The van der Waals surface area contributed by atoms with Crippen LogP contribution in [0.15, 0.2) is 0 Å². The van der Waals surface area contributed by atoms with Crippen molar-refractivity contribution in [1.82, 2.24) is 5.32 Å². The maximum Gasteiger partial charge on any atom is 0.469 e. The first-order valence-electron chi connectivity index (χ1n) is 15.4. The topological polar surface area (TPSA) is 148 Å². The van der Waals surface area contributed by atoms with Crippen molar-refractivity contribution in [2.75, 3.05) is 19.8 Å². The van der Waals surface area contributed by atoms with Crippen LogP contribution in [-0.4, -0.2) is 53.5 Å². The number of ether oxygens (including phenoxy) is 2. The Bertz CT molecular complexity index is 699. The van der Waals surface area contributed by atoms with Gasteiger partial charge >= 0.3 is 19.8 Å². The molecule has 0 aliphatic rings. The summed E-state index contributed by atoms with van der Waals surface area (Å²) in [6.45, 7) is 3.48. The Labute approximate surface area is 241 Å². The number of carbonyl (C=O) groups is 3. The van der Waals surface area contributed by atoms with Gasteiger partial charge in [-0.15, -0.1) is 0 Å². The van der Waals surface area contributed by atoms with Gasteiger partial charge in [0.15, 0.2) is 6.10 Å². The van der Waals surface area contributed by atoms with Crippen LogP contribution in [0.4, 0.5) is 0 Å². The lowest BCUT2D eigenvalue weighted by Crippen LogP contribution is -2.29. The molecule has 11 heteroatoms. The lowest BCUT2D eigenvalue weighted by Gasteiger charge is -2.18. The van der Waals surface area contributed by atoms with Gasteiger partial charge in [-0.05, 0) is 19.3 Å². The zero-order valence-corrected chi connectivity index (χ0v) is 25.9. The number of amides is 1. The van der Waals surface area contributed by atoms with Crippen LogP contribution < -0.4 is 5.32 Å². The summed E-state index contributed by atoms with van der Waals surface area (Å²) in [5, 5.41) is 2.74. The number of carbonyl (C=O) groups excluding carboxylic acids is 3. The molecular formula is C29H56NO9P. The third kappa shape index (κ3) is 29.5. The predicted molar refractivity (Wildman–Crippen MR) is 156 cm³/mol. The number of unbranched alkanes of at least 4 members (excludes halogenated alkanes) is 16. The Balaban J connectivity index is 4.02. The first-order valence-corrected chi connectivity index (χ1v) is 17.0. The van der Waals surface area contributed by atoms with E-state index in [4.69, 9.17) is 19.3 Å². The molecule has 0 aromatic carbocycles. The molecule has 0 fully saturated rings. The largest absolute Gasteiger partial charge is 0.469 e. The van der Waals surface area contributed by atoms with Crippen LogP contribution in [0.5, 0.6) is 0 Å². The molecule has 0 bridgehead atoms. The molecule has 0 saturated heterocycles. The van der Waals surface area contributed by atoms with Gasteiger partial charge in [0.25, 0.3) is 0 Å². The molecule has 10 nitrogen and oxygen atoms in total. The lowest BCUT2D eigenvalue weighted by atomic mass is 10.0. The molecule has 1 amide bonds. The number of rotatable bonds is 28. The van der Waals surface area contributed by atoms with Gasteiger partial charge in [-0.2, -0.15) is 0 Å². The van der Waals surface area contributed by atoms with E-state index in [-0.39, 0.29) is 25.4 Å². The lowest BCUT2D eigenvalue weighted by molar-refractivity contribution is -0.161. The van der Waals surface area contributed by atoms with Crippen LogP contribution in [-0.2, 0) is 32.9 Å². The van der Waals surface area contributed by atoms with E-state index in [9.17, 15) is 18.9 Å². The fourth-order valence-corrected chi connectivity index (χ4v) is 4.64. The highest BCUT2D eigenvalue weighted by Gasteiger charge is 2.22. The second-order valence-corrected chi connectivity index (χ2v) is 11.8. The van der Waals surface area contributed by atoms with E-state index in [1.165, 1.54) is 64.7 Å². The van der Waals surface area contributed by atoms with Gasteiger partial charge < -0.3 is 24.6 Å². The van der Waals surface area contributed by atoms with Gasteiger partial charge in [-0.1, -0.05) is 103 Å². The molecule has 0 radical (unpaired) electrons. The summed E-state index contributed by atoms with van der Waals surface area (Å²) in [4.78, 5) is 53.1. The summed E-state index contributed by atoms with van der Waals surface area (Å²) in [6.07, 6.45) is 19.1. The van der Waals surface area contributed by atoms with Crippen molar-refractivity contribution in [3.63, 3.8) is 0 Å². The molecule has 40 heavy (non-hydrogen) atoms. The van der Waals surface area contributed by atoms with Crippen molar-refractivity contribution in [2.45, 2.75) is 148 Å². The van der Waals surface area contributed by atoms with Gasteiger partial charge in [-0.3, -0.25) is 18.9 Å². The summed E-state index contributed by atoms with van der Waals surface area (Å²) >= 11 is 0. The Morgan fingerprint density at radius 1 is 0.675 bits per heavy atom. The highest BCUT2D eigenvalue weighted by molar-refractivity contribution is 7.46. The average Bonchev–Trinajstić information content (AvgIpc) is 2.89. The molecule has 0 unspecified atom stereocenters. The van der Waals surface area contributed by atoms with Crippen molar-refractivity contribution in [3.8, 4) is 0 Å². The Hall–Kier alpha value is -1.48. The summed E-state index contributed by atoms with van der Waals surface area (Å²) in [7, 11) is -4.76. The molecule has 0 aliphatic carbocycles. The van der Waals surface area contributed by atoms with Crippen LogP contribution in [0.1, 0.15) is 142 Å². The smallest absolute Gasteiger partial charge is 0.462 e. The third-order valence-corrected chi connectivity index (χ3v) is 7.06. The summed E-state index contributed by atoms with van der Waals surface area (Å²) in [5.74, 6) is -1.01. The molecule has 0 aromatic rings. The van der Waals surface area contributed by atoms with Crippen LogP contribution in [0.25, 0.3) is 0 Å². The third-order valence-electron chi connectivity index (χ3n) is 6.57. The number of hydrogen-bond donors (Lipinski definition) is 3. The summed E-state index contributed by atoms with van der Waals surface area (Å²) in [6, 6.07) is 0. The van der Waals surface area contributed by atoms with Gasteiger partial charge in [0.2, 0.25) is 5.91 Å². The van der Waals surface area contributed by atoms with E-state index in [2.05, 4.69) is 16.8 Å². The fourth-order valence-electron chi connectivity index (χ4n) is 4.28. The zero-order chi connectivity index (χ0) is 29.9. The van der Waals surface area contributed by atoms with Gasteiger partial charge in [0, 0.05) is 26.3 Å². The average molecular weight is 594 g/mol. The van der Waals surface area contributed by atoms with E-state index in [0.29, 0.717) is 19.4 Å². The first-order chi connectivity index (χ1) is 19.1. The normalized spacial score (nSPS) is 12.2. The Morgan fingerprint density at radius 2 is 1.12 bits per heavy atom. The van der Waals surface area contributed by atoms with E-state index in [1.54, 1.807) is 0 Å². The molecule has 0 spiro atoms.